The number of carbonyl (C=O) groups excluding carboxylic acids is 3. The van der Waals surface area contributed by atoms with Crippen LogP contribution in [0.5, 0.6) is 0 Å². The molecule has 2 aromatic carbocycles. The highest BCUT2D eigenvalue weighted by Crippen LogP contribution is 2.10. The Morgan fingerprint density at radius 3 is 2.11 bits per heavy atom. The average molecular weight is 480 g/mol. The summed E-state index contributed by atoms with van der Waals surface area (Å²) >= 11 is 0. The Bertz CT molecular complexity index is 1080. The van der Waals surface area contributed by atoms with Crippen molar-refractivity contribution in [3.05, 3.63) is 65.2 Å². The van der Waals surface area contributed by atoms with Gasteiger partial charge >= 0.3 is 0 Å². The van der Waals surface area contributed by atoms with Crippen LogP contribution in [0.25, 0.3) is 0 Å². The molecule has 3 amide bonds. The highest BCUT2D eigenvalue weighted by atomic mass is 16.5. The molecular formula is C25H29N5O5. The van der Waals surface area contributed by atoms with Crippen molar-refractivity contribution >= 4 is 23.4 Å². The standard InChI is InChI=1S/C25H29N5O5/c1-17(31)23(25(34)29-35)28-24(33)20-8-4-18(5-9-20)2-3-19-6-10-21(11-7-19)27-22(32)16-30-14-12-26-13-15-30/h4-11,17,23,26,31,35H,12-16H2,1H3,(H,27,32)(H,28,33)(H,29,34). The van der Waals surface area contributed by atoms with Gasteiger partial charge in [0.15, 0.2) is 0 Å². The van der Waals surface area contributed by atoms with E-state index in [0.717, 1.165) is 31.7 Å². The minimum Gasteiger partial charge on any atom is -0.391 e. The van der Waals surface area contributed by atoms with Gasteiger partial charge in [-0.05, 0) is 55.5 Å². The highest BCUT2D eigenvalue weighted by molar-refractivity contribution is 5.97. The predicted octanol–water partition coefficient (Wildman–Crippen LogP) is -0.0853. The van der Waals surface area contributed by atoms with E-state index in [-0.39, 0.29) is 11.5 Å². The van der Waals surface area contributed by atoms with E-state index in [9.17, 15) is 19.5 Å². The molecule has 184 valence electrons. The number of rotatable bonds is 7. The number of hydrogen-bond acceptors (Lipinski definition) is 7. The first kappa shape index (κ1) is 25.9. The fourth-order valence-corrected chi connectivity index (χ4v) is 3.46. The maximum atomic E-state index is 12.3. The fourth-order valence-electron chi connectivity index (χ4n) is 3.46. The third kappa shape index (κ3) is 7.91. The van der Waals surface area contributed by atoms with Crippen LogP contribution in [0.15, 0.2) is 48.5 Å². The van der Waals surface area contributed by atoms with Gasteiger partial charge < -0.3 is 21.1 Å². The van der Waals surface area contributed by atoms with Gasteiger partial charge in [0.05, 0.1) is 12.6 Å². The van der Waals surface area contributed by atoms with Gasteiger partial charge in [-0.2, -0.15) is 0 Å². The van der Waals surface area contributed by atoms with Gasteiger partial charge in [0.1, 0.15) is 6.04 Å². The number of carbonyl (C=O) groups is 3. The first-order valence-electron chi connectivity index (χ1n) is 11.2. The molecule has 35 heavy (non-hydrogen) atoms. The zero-order chi connectivity index (χ0) is 25.2. The van der Waals surface area contributed by atoms with Crippen LogP contribution in [-0.4, -0.2) is 77.8 Å². The van der Waals surface area contributed by atoms with Crippen LogP contribution in [0.2, 0.25) is 0 Å². The maximum Gasteiger partial charge on any atom is 0.268 e. The molecule has 1 heterocycles. The number of aliphatic hydroxyl groups is 1. The molecule has 2 aromatic rings. The molecule has 0 aliphatic carbocycles. The zero-order valence-electron chi connectivity index (χ0n) is 19.4. The lowest BCUT2D eigenvalue weighted by atomic mass is 10.1. The molecule has 2 atom stereocenters. The van der Waals surface area contributed by atoms with Gasteiger partial charge in [-0.25, -0.2) is 5.48 Å². The van der Waals surface area contributed by atoms with E-state index in [4.69, 9.17) is 5.21 Å². The summed E-state index contributed by atoms with van der Waals surface area (Å²) in [7, 11) is 0. The number of nitrogens with zero attached hydrogens (tertiary/aromatic N) is 1. The van der Waals surface area contributed by atoms with Gasteiger partial charge in [-0.3, -0.25) is 24.5 Å². The van der Waals surface area contributed by atoms with E-state index in [1.54, 1.807) is 36.4 Å². The van der Waals surface area contributed by atoms with Gasteiger partial charge in [0, 0.05) is 48.6 Å². The molecule has 1 saturated heterocycles. The minimum absolute atomic E-state index is 0.0494. The Morgan fingerprint density at radius 1 is 1.00 bits per heavy atom. The van der Waals surface area contributed by atoms with Crippen molar-refractivity contribution in [2.45, 2.75) is 19.1 Å². The van der Waals surface area contributed by atoms with Crippen LogP contribution in [0.1, 0.15) is 28.4 Å². The summed E-state index contributed by atoms with van der Waals surface area (Å²) in [6.07, 6.45) is -1.19. The lowest BCUT2D eigenvalue weighted by molar-refractivity contribution is -0.133. The molecule has 0 aromatic heterocycles. The molecule has 1 aliphatic heterocycles. The minimum atomic E-state index is -1.29. The second-order valence-electron chi connectivity index (χ2n) is 8.15. The summed E-state index contributed by atoms with van der Waals surface area (Å²) in [4.78, 5) is 38.2. The van der Waals surface area contributed by atoms with Crippen molar-refractivity contribution in [3.63, 3.8) is 0 Å². The summed E-state index contributed by atoms with van der Waals surface area (Å²) in [5.74, 6) is 4.50. The number of hydrogen-bond donors (Lipinski definition) is 6. The predicted molar refractivity (Wildman–Crippen MR) is 130 cm³/mol. The van der Waals surface area contributed by atoms with Crippen LogP contribution >= 0.6 is 0 Å². The molecular weight excluding hydrogens is 450 g/mol. The molecule has 10 nitrogen and oxygen atoms in total. The van der Waals surface area contributed by atoms with Crippen LogP contribution in [0.3, 0.4) is 0 Å². The maximum absolute atomic E-state index is 12.3. The summed E-state index contributed by atoms with van der Waals surface area (Å²) < 4.78 is 0. The first-order valence-corrected chi connectivity index (χ1v) is 11.2. The molecule has 10 heteroatoms. The van der Waals surface area contributed by atoms with Gasteiger partial charge in [0.25, 0.3) is 11.8 Å². The number of amides is 3. The number of aliphatic hydroxyl groups excluding tert-OH is 1. The second-order valence-corrected chi connectivity index (χ2v) is 8.15. The van der Waals surface area contributed by atoms with Crippen molar-refractivity contribution in [2.75, 3.05) is 38.0 Å². The van der Waals surface area contributed by atoms with E-state index in [0.29, 0.717) is 17.8 Å². The normalized spacial score (nSPS) is 15.2. The van der Waals surface area contributed by atoms with E-state index >= 15 is 0 Å². The molecule has 0 bridgehead atoms. The second kappa shape index (κ2) is 12.6. The number of benzene rings is 2. The van der Waals surface area contributed by atoms with Gasteiger partial charge in [-0.1, -0.05) is 11.8 Å². The third-order valence-electron chi connectivity index (χ3n) is 5.41. The first-order chi connectivity index (χ1) is 16.9. The molecule has 6 N–H and O–H groups in total. The van der Waals surface area contributed by atoms with Crippen molar-refractivity contribution in [1.82, 2.24) is 21.0 Å². The van der Waals surface area contributed by atoms with Crippen LogP contribution in [0, 0.1) is 11.8 Å². The highest BCUT2D eigenvalue weighted by Gasteiger charge is 2.25. The smallest absolute Gasteiger partial charge is 0.268 e. The quantitative estimate of drug-likeness (QED) is 0.185. The van der Waals surface area contributed by atoms with E-state index in [1.165, 1.54) is 12.4 Å². The summed E-state index contributed by atoms with van der Waals surface area (Å²) in [5.41, 5.74) is 3.83. The Hall–Kier alpha value is -3.75. The molecule has 1 fully saturated rings. The monoisotopic (exact) mass is 479 g/mol. The molecule has 0 saturated carbocycles. The molecule has 2 unspecified atom stereocenters. The van der Waals surface area contributed by atoms with Crippen LogP contribution < -0.4 is 21.4 Å². The Balaban J connectivity index is 1.54. The van der Waals surface area contributed by atoms with Crippen molar-refractivity contribution in [3.8, 4) is 11.8 Å². The fraction of sp³-hybridized carbons (Fsp3) is 0.320. The molecule has 3 rings (SSSR count). The topological polar surface area (TPSA) is 143 Å². The van der Waals surface area contributed by atoms with Crippen molar-refractivity contribution in [1.29, 1.82) is 0 Å². The summed E-state index contributed by atoms with van der Waals surface area (Å²) in [5, 5.41) is 26.9. The lowest BCUT2D eigenvalue weighted by Crippen LogP contribution is -2.51. The zero-order valence-corrected chi connectivity index (χ0v) is 19.4. The number of nitrogens with one attached hydrogen (secondary N) is 4. The molecule has 1 aliphatic rings. The van der Waals surface area contributed by atoms with Crippen LogP contribution in [0.4, 0.5) is 5.69 Å². The molecule has 0 spiro atoms. The lowest BCUT2D eigenvalue weighted by Gasteiger charge is -2.26. The molecule has 0 radical (unpaired) electrons. The number of anilines is 1. The van der Waals surface area contributed by atoms with Gasteiger partial charge in [-0.15, -0.1) is 0 Å². The largest absolute Gasteiger partial charge is 0.391 e. The van der Waals surface area contributed by atoms with E-state index in [2.05, 4.69) is 32.7 Å². The average Bonchev–Trinajstić information content (AvgIpc) is 2.87. The Kier molecular flexibility index (Phi) is 9.34. The summed E-state index contributed by atoms with van der Waals surface area (Å²) in [6.45, 7) is 5.19. The number of hydroxylamine groups is 1. The third-order valence-corrected chi connectivity index (χ3v) is 5.41. The number of piperazine rings is 1. The van der Waals surface area contributed by atoms with Crippen molar-refractivity contribution < 1.29 is 24.7 Å². The van der Waals surface area contributed by atoms with Gasteiger partial charge in [0.2, 0.25) is 5.91 Å². The van der Waals surface area contributed by atoms with Crippen molar-refractivity contribution in [2.24, 2.45) is 0 Å². The Labute approximate surface area is 203 Å². The summed E-state index contributed by atoms with van der Waals surface area (Å²) in [6, 6.07) is 12.4. The Morgan fingerprint density at radius 2 is 1.57 bits per heavy atom. The van der Waals surface area contributed by atoms with Crippen LogP contribution in [-0.2, 0) is 9.59 Å². The SMILES string of the molecule is CC(O)C(NC(=O)c1ccc(C#Cc2ccc(NC(=O)CN3CCNCC3)cc2)cc1)C(=O)NO. The van der Waals surface area contributed by atoms with E-state index in [1.807, 2.05) is 12.1 Å². The van der Waals surface area contributed by atoms with E-state index < -0.39 is 24.0 Å².